The average Bonchev–Trinajstić information content (AvgIpc) is 3.07. The SMILES string of the molecule is Cc1cc(C(=O)N2CCN(S(=O)(=O)N3CC(C)OC(C)C3)CC2)c(C)n1-c1cccnc1. The van der Waals surface area contributed by atoms with E-state index in [-0.39, 0.29) is 31.2 Å². The summed E-state index contributed by atoms with van der Waals surface area (Å²) in [5.41, 5.74) is 3.35. The summed E-state index contributed by atoms with van der Waals surface area (Å²) in [5.74, 6) is -0.0705. The Morgan fingerprint density at radius 3 is 2.31 bits per heavy atom. The Bertz CT molecular complexity index is 1070. The van der Waals surface area contributed by atoms with E-state index in [9.17, 15) is 13.2 Å². The lowest BCUT2D eigenvalue weighted by molar-refractivity contribution is -0.0457. The lowest BCUT2D eigenvalue weighted by Gasteiger charge is -2.40. The van der Waals surface area contributed by atoms with Crippen LogP contribution >= 0.6 is 0 Å². The van der Waals surface area contributed by atoms with Gasteiger partial charge < -0.3 is 14.2 Å². The maximum Gasteiger partial charge on any atom is 0.282 e. The molecule has 2 aromatic rings. The maximum absolute atomic E-state index is 13.3. The molecule has 4 heterocycles. The second-order valence-corrected chi connectivity index (χ2v) is 10.5. The summed E-state index contributed by atoms with van der Waals surface area (Å²) >= 11 is 0. The molecular formula is C22H31N5O4S. The van der Waals surface area contributed by atoms with E-state index in [1.807, 2.05) is 50.5 Å². The van der Waals surface area contributed by atoms with Gasteiger partial charge in [0, 0.05) is 56.9 Å². The lowest BCUT2D eigenvalue weighted by atomic mass is 10.2. The second kappa shape index (κ2) is 8.93. The van der Waals surface area contributed by atoms with Crippen LogP contribution in [0.15, 0.2) is 30.6 Å². The summed E-state index contributed by atoms with van der Waals surface area (Å²) in [7, 11) is -3.57. The van der Waals surface area contributed by atoms with Crippen molar-refractivity contribution in [3.8, 4) is 5.69 Å². The third-order valence-corrected chi connectivity index (χ3v) is 8.10. The van der Waals surface area contributed by atoms with E-state index >= 15 is 0 Å². The van der Waals surface area contributed by atoms with Gasteiger partial charge in [0.15, 0.2) is 0 Å². The van der Waals surface area contributed by atoms with Gasteiger partial charge in [0.1, 0.15) is 0 Å². The summed E-state index contributed by atoms with van der Waals surface area (Å²) in [4.78, 5) is 19.2. The number of amides is 1. The fraction of sp³-hybridized carbons (Fsp3) is 0.545. The van der Waals surface area contributed by atoms with Crippen LogP contribution in [0.5, 0.6) is 0 Å². The van der Waals surface area contributed by atoms with E-state index in [1.165, 1.54) is 8.61 Å². The Hall–Kier alpha value is -2.27. The summed E-state index contributed by atoms with van der Waals surface area (Å²) in [5, 5.41) is 0. The van der Waals surface area contributed by atoms with Crippen molar-refractivity contribution in [3.05, 3.63) is 47.5 Å². The zero-order valence-electron chi connectivity index (χ0n) is 19.1. The molecule has 9 nitrogen and oxygen atoms in total. The van der Waals surface area contributed by atoms with Gasteiger partial charge in [-0.05, 0) is 45.9 Å². The molecule has 2 aliphatic rings. The van der Waals surface area contributed by atoms with Gasteiger partial charge in [-0.1, -0.05) is 0 Å². The normalized spacial score (nSPS) is 23.4. The molecular weight excluding hydrogens is 430 g/mol. The number of hydrogen-bond donors (Lipinski definition) is 0. The van der Waals surface area contributed by atoms with Crippen LogP contribution < -0.4 is 0 Å². The highest BCUT2D eigenvalue weighted by Crippen LogP contribution is 2.23. The van der Waals surface area contributed by atoms with Crippen LogP contribution in [0.3, 0.4) is 0 Å². The van der Waals surface area contributed by atoms with Crippen LogP contribution in [0.1, 0.15) is 35.6 Å². The Morgan fingerprint density at radius 1 is 1.06 bits per heavy atom. The number of rotatable bonds is 4. The van der Waals surface area contributed by atoms with Gasteiger partial charge in [-0.25, -0.2) is 0 Å². The predicted octanol–water partition coefficient (Wildman–Crippen LogP) is 1.60. The van der Waals surface area contributed by atoms with Gasteiger partial charge in [0.2, 0.25) is 0 Å². The maximum atomic E-state index is 13.3. The fourth-order valence-electron chi connectivity index (χ4n) is 4.64. The van der Waals surface area contributed by atoms with Crippen molar-refractivity contribution in [2.75, 3.05) is 39.3 Å². The third-order valence-electron chi connectivity index (χ3n) is 6.13. The van der Waals surface area contributed by atoms with Crippen molar-refractivity contribution in [2.45, 2.75) is 39.9 Å². The van der Waals surface area contributed by atoms with Crippen molar-refractivity contribution < 1.29 is 17.9 Å². The molecule has 174 valence electrons. The molecule has 0 saturated carbocycles. The molecule has 2 saturated heterocycles. The first-order chi connectivity index (χ1) is 15.2. The number of aryl methyl sites for hydroxylation is 1. The van der Waals surface area contributed by atoms with E-state index in [1.54, 1.807) is 17.3 Å². The number of carbonyl (C=O) groups excluding carboxylic acids is 1. The molecule has 2 aliphatic heterocycles. The first-order valence-electron chi connectivity index (χ1n) is 11.0. The Kier molecular flexibility index (Phi) is 6.39. The number of carbonyl (C=O) groups is 1. The molecule has 0 aliphatic carbocycles. The summed E-state index contributed by atoms with van der Waals surface area (Å²) < 4.78 is 36.9. The number of hydrogen-bond acceptors (Lipinski definition) is 5. The van der Waals surface area contributed by atoms with Gasteiger partial charge in [-0.2, -0.15) is 17.0 Å². The highest BCUT2D eigenvalue weighted by Gasteiger charge is 2.37. The van der Waals surface area contributed by atoms with Crippen molar-refractivity contribution in [2.24, 2.45) is 0 Å². The predicted molar refractivity (Wildman–Crippen MR) is 121 cm³/mol. The molecule has 1 amide bonds. The molecule has 2 aromatic heterocycles. The average molecular weight is 462 g/mol. The molecule has 0 bridgehead atoms. The number of nitrogens with zero attached hydrogens (tertiary/aromatic N) is 5. The second-order valence-electron chi connectivity index (χ2n) is 8.60. The molecule has 32 heavy (non-hydrogen) atoms. The minimum atomic E-state index is -3.57. The summed E-state index contributed by atoms with van der Waals surface area (Å²) in [6.07, 6.45) is 3.22. The standard InChI is InChI=1S/C22H31N5O4S/c1-16-12-21(19(4)27(16)20-6-5-7-23-13-20)22(28)24-8-10-25(11-9-24)32(29,30)26-14-17(2)31-18(3)15-26/h5-7,12-13,17-18H,8-11,14-15H2,1-4H3. The Labute approximate surface area is 189 Å². The number of aromatic nitrogens is 2. The minimum Gasteiger partial charge on any atom is -0.373 e. The summed E-state index contributed by atoms with van der Waals surface area (Å²) in [6.45, 7) is 9.67. The van der Waals surface area contributed by atoms with Crippen molar-refractivity contribution >= 4 is 16.1 Å². The smallest absolute Gasteiger partial charge is 0.282 e. The molecule has 0 spiro atoms. The van der Waals surface area contributed by atoms with E-state index < -0.39 is 10.2 Å². The van der Waals surface area contributed by atoms with E-state index in [2.05, 4.69) is 4.98 Å². The number of pyridine rings is 1. The third kappa shape index (κ3) is 4.32. The van der Waals surface area contributed by atoms with Crippen LogP contribution in [-0.2, 0) is 14.9 Å². The molecule has 0 aromatic carbocycles. The Morgan fingerprint density at radius 2 is 1.72 bits per heavy atom. The van der Waals surface area contributed by atoms with Crippen LogP contribution in [-0.4, -0.2) is 88.9 Å². The molecule has 0 N–H and O–H groups in total. The van der Waals surface area contributed by atoms with Crippen LogP contribution in [0, 0.1) is 13.8 Å². The molecule has 10 heteroatoms. The highest BCUT2D eigenvalue weighted by atomic mass is 32.2. The lowest BCUT2D eigenvalue weighted by Crippen LogP contribution is -2.57. The number of ether oxygens (including phenoxy) is 1. The zero-order valence-corrected chi connectivity index (χ0v) is 19.9. The number of morpholine rings is 1. The van der Waals surface area contributed by atoms with Crippen molar-refractivity contribution in [1.82, 2.24) is 23.1 Å². The summed E-state index contributed by atoms with van der Waals surface area (Å²) in [6, 6.07) is 5.72. The van der Waals surface area contributed by atoms with Gasteiger partial charge in [-0.3, -0.25) is 9.78 Å². The Balaban J connectivity index is 1.45. The number of piperazine rings is 1. The molecule has 2 fully saturated rings. The van der Waals surface area contributed by atoms with Gasteiger partial charge in [0.05, 0.1) is 29.7 Å². The first kappa shape index (κ1) is 22.9. The van der Waals surface area contributed by atoms with Gasteiger partial charge in [-0.15, -0.1) is 0 Å². The van der Waals surface area contributed by atoms with Crippen molar-refractivity contribution in [3.63, 3.8) is 0 Å². The molecule has 2 atom stereocenters. The van der Waals surface area contributed by atoms with Crippen molar-refractivity contribution in [1.29, 1.82) is 0 Å². The van der Waals surface area contributed by atoms with E-state index in [0.717, 1.165) is 17.1 Å². The fourth-order valence-corrected chi connectivity index (χ4v) is 6.39. The minimum absolute atomic E-state index is 0.0705. The van der Waals surface area contributed by atoms with E-state index in [0.29, 0.717) is 31.7 Å². The van der Waals surface area contributed by atoms with Gasteiger partial charge >= 0.3 is 0 Å². The molecule has 0 radical (unpaired) electrons. The topological polar surface area (TPSA) is 88.0 Å². The van der Waals surface area contributed by atoms with Crippen LogP contribution in [0.25, 0.3) is 5.69 Å². The quantitative estimate of drug-likeness (QED) is 0.690. The van der Waals surface area contributed by atoms with Crippen LogP contribution in [0.2, 0.25) is 0 Å². The molecule has 4 rings (SSSR count). The first-order valence-corrected chi connectivity index (χ1v) is 12.4. The highest BCUT2D eigenvalue weighted by molar-refractivity contribution is 7.86. The molecule has 2 unspecified atom stereocenters. The van der Waals surface area contributed by atoms with Crippen LogP contribution in [0.4, 0.5) is 0 Å². The van der Waals surface area contributed by atoms with Gasteiger partial charge in [0.25, 0.3) is 16.1 Å². The monoisotopic (exact) mass is 461 g/mol. The zero-order chi connectivity index (χ0) is 23.0. The largest absolute Gasteiger partial charge is 0.373 e. The van der Waals surface area contributed by atoms with E-state index in [4.69, 9.17) is 4.74 Å².